The van der Waals surface area contributed by atoms with Crippen LogP contribution in [0.1, 0.15) is 56.3 Å². The van der Waals surface area contributed by atoms with Crippen molar-refractivity contribution in [2.45, 2.75) is 50.8 Å². The van der Waals surface area contributed by atoms with Crippen molar-refractivity contribution in [2.24, 2.45) is 5.92 Å². The van der Waals surface area contributed by atoms with Crippen LogP contribution in [0.4, 0.5) is 0 Å². The molecule has 0 aliphatic carbocycles. The van der Waals surface area contributed by atoms with Crippen molar-refractivity contribution >= 4 is 15.9 Å². The van der Waals surface area contributed by atoms with Gasteiger partial charge in [0.15, 0.2) is 0 Å². The molecule has 1 aromatic carbocycles. The molecule has 1 aliphatic rings. The first-order valence-electron chi connectivity index (χ1n) is 8.83. The zero-order chi connectivity index (χ0) is 17.6. The normalized spacial score (nSPS) is 16.9. The Hall–Kier alpha value is -1.40. The summed E-state index contributed by atoms with van der Waals surface area (Å²) in [4.78, 5) is 12.3. The van der Waals surface area contributed by atoms with E-state index in [0.717, 1.165) is 32.1 Å². The third-order valence-corrected chi connectivity index (χ3v) is 6.48. The topological polar surface area (TPSA) is 66.5 Å². The van der Waals surface area contributed by atoms with Crippen LogP contribution in [0, 0.1) is 5.92 Å². The third-order valence-electron chi connectivity index (χ3n) is 4.56. The highest BCUT2D eigenvalue weighted by atomic mass is 32.2. The predicted octanol–water partition coefficient (Wildman–Crippen LogP) is 3.03. The largest absolute Gasteiger partial charge is 0.352 e. The van der Waals surface area contributed by atoms with Gasteiger partial charge < -0.3 is 5.32 Å². The Balaban J connectivity index is 1.99. The second-order valence-electron chi connectivity index (χ2n) is 6.57. The Kier molecular flexibility index (Phi) is 6.80. The average molecular weight is 353 g/mol. The molecule has 2 rings (SSSR count). The summed E-state index contributed by atoms with van der Waals surface area (Å²) in [5, 5.41) is 2.86. The van der Waals surface area contributed by atoms with E-state index in [-0.39, 0.29) is 10.8 Å². The second kappa shape index (κ2) is 8.62. The molecule has 6 heteroatoms. The van der Waals surface area contributed by atoms with E-state index in [1.165, 1.54) is 12.1 Å². The Labute approximate surface area is 145 Å². The van der Waals surface area contributed by atoms with Gasteiger partial charge in [-0.05, 0) is 49.4 Å². The van der Waals surface area contributed by atoms with E-state index in [1.807, 2.05) is 0 Å². The number of sulfonamides is 1. The summed E-state index contributed by atoms with van der Waals surface area (Å²) in [6.07, 6.45) is 4.96. The minimum absolute atomic E-state index is 0.151. The van der Waals surface area contributed by atoms with Crippen molar-refractivity contribution in [2.75, 3.05) is 19.6 Å². The van der Waals surface area contributed by atoms with Gasteiger partial charge in [-0.25, -0.2) is 8.42 Å². The lowest BCUT2D eigenvalue weighted by Crippen LogP contribution is -2.37. The number of nitrogens with one attached hydrogen (secondary N) is 1. The van der Waals surface area contributed by atoms with Gasteiger partial charge in [0.2, 0.25) is 10.0 Å². The minimum atomic E-state index is -3.45. The fourth-order valence-electron chi connectivity index (χ4n) is 2.83. The van der Waals surface area contributed by atoms with E-state index in [0.29, 0.717) is 31.1 Å². The highest BCUT2D eigenvalue weighted by Crippen LogP contribution is 2.23. The van der Waals surface area contributed by atoms with Crippen molar-refractivity contribution in [1.29, 1.82) is 0 Å². The van der Waals surface area contributed by atoms with Crippen molar-refractivity contribution in [1.82, 2.24) is 9.62 Å². The Morgan fingerprint density at radius 1 is 1.17 bits per heavy atom. The maximum absolute atomic E-state index is 12.6. The molecular weight excluding hydrogens is 324 g/mol. The quantitative estimate of drug-likeness (QED) is 0.767. The second-order valence-corrected chi connectivity index (χ2v) is 8.51. The van der Waals surface area contributed by atoms with Gasteiger partial charge in [0.1, 0.15) is 0 Å². The third kappa shape index (κ3) is 4.80. The average Bonchev–Trinajstić information content (AvgIpc) is 2.59. The van der Waals surface area contributed by atoms with Gasteiger partial charge in [0, 0.05) is 25.2 Å². The first-order valence-corrected chi connectivity index (χ1v) is 10.3. The standard InChI is InChI=1S/C18H28N2O3S/c1-3-4-5-12-19-18(21)16-6-8-17(9-7-16)24(22,23)20-13-10-15(2)11-14-20/h6-9,15H,3-5,10-14H2,1-2H3,(H,19,21). The molecule has 24 heavy (non-hydrogen) atoms. The molecule has 1 heterocycles. The van der Waals surface area contributed by atoms with Crippen molar-refractivity contribution in [3.05, 3.63) is 29.8 Å². The van der Waals surface area contributed by atoms with Gasteiger partial charge in [0.05, 0.1) is 4.90 Å². The highest BCUT2D eigenvalue weighted by Gasteiger charge is 2.28. The van der Waals surface area contributed by atoms with E-state index >= 15 is 0 Å². The van der Waals surface area contributed by atoms with Gasteiger partial charge in [-0.15, -0.1) is 0 Å². The maximum Gasteiger partial charge on any atom is 0.251 e. The number of amides is 1. The molecule has 0 spiro atoms. The highest BCUT2D eigenvalue weighted by molar-refractivity contribution is 7.89. The van der Waals surface area contributed by atoms with Crippen LogP contribution in [-0.2, 0) is 10.0 Å². The zero-order valence-corrected chi connectivity index (χ0v) is 15.4. The molecule has 0 radical (unpaired) electrons. The first-order chi connectivity index (χ1) is 11.4. The number of nitrogens with zero attached hydrogens (tertiary/aromatic N) is 1. The summed E-state index contributed by atoms with van der Waals surface area (Å²) in [6, 6.07) is 6.26. The van der Waals surface area contributed by atoms with Gasteiger partial charge in [-0.3, -0.25) is 4.79 Å². The molecule has 1 N–H and O–H groups in total. The summed E-state index contributed by atoms with van der Waals surface area (Å²) in [6.45, 7) is 6.06. The molecule has 0 bridgehead atoms. The molecule has 0 unspecified atom stereocenters. The van der Waals surface area contributed by atoms with Crippen LogP contribution in [0.3, 0.4) is 0 Å². The van der Waals surface area contributed by atoms with E-state index < -0.39 is 10.0 Å². The summed E-state index contributed by atoms with van der Waals surface area (Å²) in [7, 11) is -3.45. The summed E-state index contributed by atoms with van der Waals surface area (Å²) < 4.78 is 26.8. The van der Waals surface area contributed by atoms with Gasteiger partial charge in [-0.1, -0.05) is 26.7 Å². The predicted molar refractivity (Wildman–Crippen MR) is 95.5 cm³/mol. The maximum atomic E-state index is 12.6. The van der Waals surface area contributed by atoms with Crippen molar-refractivity contribution < 1.29 is 13.2 Å². The molecule has 0 atom stereocenters. The lowest BCUT2D eigenvalue weighted by atomic mass is 10.0. The van der Waals surface area contributed by atoms with E-state index in [1.54, 1.807) is 16.4 Å². The molecule has 1 fully saturated rings. The van der Waals surface area contributed by atoms with Crippen LogP contribution in [0.5, 0.6) is 0 Å². The SMILES string of the molecule is CCCCCNC(=O)c1ccc(S(=O)(=O)N2CCC(C)CC2)cc1. The van der Waals surface area contributed by atoms with Crippen LogP contribution >= 0.6 is 0 Å². The molecule has 0 aromatic heterocycles. The molecule has 1 aliphatic heterocycles. The number of benzene rings is 1. The van der Waals surface area contributed by atoms with Crippen LogP contribution in [0.15, 0.2) is 29.2 Å². The molecular formula is C18H28N2O3S. The Morgan fingerprint density at radius 3 is 2.38 bits per heavy atom. The van der Waals surface area contributed by atoms with Crippen molar-refractivity contribution in [3.63, 3.8) is 0 Å². The number of hydrogen-bond acceptors (Lipinski definition) is 3. The number of unbranched alkanes of at least 4 members (excludes halogenated alkanes) is 2. The fraction of sp³-hybridized carbons (Fsp3) is 0.611. The zero-order valence-electron chi connectivity index (χ0n) is 14.6. The number of carbonyl (C=O) groups is 1. The Bertz CT molecular complexity index is 633. The monoisotopic (exact) mass is 352 g/mol. The first kappa shape index (κ1) is 18.9. The van der Waals surface area contributed by atoms with E-state index in [4.69, 9.17) is 0 Å². The lowest BCUT2D eigenvalue weighted by Gasteiger charge is -2.29. The van der Waals surface area contributed by atoms with E-state index in [2.05, 4.69) is 19.2 Å². The van der Waals surface area contributed by atoms with E-state index in [9.17, 15) is 13.2 Å². The molecule has 1 aromatic rings. The molecule has 0 saturated carbocycles. The Morgan fingerprint density at radius 2 is 1.79 bits per heavy atom. The van der Waals surface area contributed by atoms with Gasteiger partial charge in [-0.2, -0.15) is 4.31 Å². The van der Waals surface area contributed by atoms with Crippen LogP contribution in [0.25, 0.3) is 0 Å². The number of piperidine rings is 1. The van der Waals surface area contributed by atoms with Gasteiger partial charge >= 0.3 is 0 Å². The number of rotatable bonds is 7. The summed E-state index contributed by atoms with van der Waals surface area (Å²) >= 11 is 0. The number of hydrogen-bond donors (Lipinski definition) is 1. The fourth-order valence-corrected chi connectivity index (χ4v) is 4.30. The van der Waals surface area contributed by atoms with Crippen LogP contribution in [0.2, 0.25) is 0 Å². The summed E-state index contributed by atoms with van der Waals surface area (Å²) in [5.41, 5.74) is 0.498. The molecule has 5 nitrogen and oxygen atoms in total. The van der Waals surface area contributed by atoms with Crippen LogP contribution < -0.4 is 5.32 Å². The van der Waals surface area contributed by atoms with Gasteiger partial charge in [0.25, 0.3) is 5.91 Å². The molecule has 1 saturated heterocycles. The number of carbonyl (C=O) groups excluding carboxylic acids is 1. The summed E-state index contributed by atoms with van der Waals surface area (Å²) in [5.74, 6) is 0.428. The smallest absolute Gasteiger partial charge is 0.251 e. The van der Waals surface area contributed by atoms with Crippen molar-refractivity contribution in [3.8, 4) is 0 Å². The molecule has 1 amide bonds. The minimum Gasteiger partial charge on any atom is -0.352 e. The van der Waals surface area contributed by atoms with Crippen LogP contribution in [-0.4, -0.2) is 38.3 Å². The lowest BCUT2D eigenvalue weighted by molar-refractivity contribution is 0.0953. The molecule has 134 valence electrons.